The Morgan fingerprint density at radius 2 is 2.22 bits per heavy atom. The number of nitrogens with zero attached hydrogens (tertiary/aromatic N) is 4. The Balaban J connectivity index is 2.09. The van der Waals surface area contributed by atoms with Crippen molar-refractivity contribution in [1.29, 1.82) is 0 Å². The van der Waals surface area contributed by atoms with Gasteiger partial charge in [-0.15, -0.1) is 5.10 Å². The number of nitro groups is 1. The number of aromatic nitrogens is 3. The van der Waals surface area contributed by atoms with Crippen molar-refractivity contribution < 1.29 is 9.72 Å². The number of hydrogen-bond acceptors (Lipinski definition) is 6. The van der Waals surface area contributed by atoms with Gasteiger partial charge >= 0.3 is 0 Å². The number of benzene rings is 1. The summed E-state index contributed by atoms with van der Waals surface area (Å²) in [5, 5.41) is 24.4. The van der Waals surface area contributed by atoms with Crippen molar-refractivity contribution >= 4 is 17.3 Å². The van der Waals surface area contributed by atoms with Gasteiger partial charge in [-0.25, -0.2) is 0 Å². The van der Waals surface area contributed by atoms with Crippen molar-refractivity contribution in [2.24, 2.45) is 0 Å². The third-order valence-corrected chi connectivity index (χ3v) is 3.00. The lowest BCUT2D eigenvalue weighted by atomic mass is 10.1. The first kappa shape index (κ1) is 16.4. The minimum absolute atomic E-state index is 0.0398. The quantitative estimate of drug-likeness (QED) is 0.589. The van der Waals surface area contributed by atoms with Crippen LogP contribution in [0.15, 0.2) is 30.6 Å². The number of rotatable bonds is 7. The monoisotopic (exact) mass is 318 g/mol. The molecular weight excluding hydrogens is 300 g/mol. The summed E-state index contributed by atoms with van der Waals surface area (Å²) in [6.45, 7) is 4.62. The molecule has 0 radical (unpaired) electrons. The second-order valence-electron chi connectivity index (χ2n) is 5.21. The van der Waals surface area contributed by atoms with E-state index in [-0.39, 0.29) is 23.2 Å². The van der Waals surface area contributed by atoms with E-state index in [0.717, 1.165) is 0 Å². The fraction of sp³-hybridized carbons (Fsp3) is 0.357. The number of anilines is 1. The van der Waals surface area contributed by atoms with Gasteiger partial charge in [-0.3, -0.25) is 19.6 Å². The fourth-order valence-electron chi connectivity index (χ4n) is 1.98. The predicted molar refractivity (Wildman–Crippen MR) is 84.2 cm³/mol. The lowest BCUT2D eigenvalue weighted by Gasteiger charge is -2.10. The van der Waals surface area contributed by atoms with Gasteiger partial charge < -0.3 is 10.6 Å². The number of nitro benzene ring substituents is 1. The molecule has 0 aliphatic rings. The first-order valence-corrected chi connectivity index (χ1v) is 7.14. The Morgan fingerprint density at radius 3 is 2.83 bits per heavy atom. The van der Waals surface area contributed by atoms with Crippen LogP contribution in [0.25, 0.3) is 0 Å². The number of nitrogens with one attached hydrogen (secondary N) is 2. The van der Waals surface area contributed by atoms with Gasteiger partial charge in [0.2, 0.25) is 0 Å². The average Bonchev–Trinajstić information content (AvgIpc) is 2.99. The van der Waals surface area contributed by atoms with Crippen molar-refractivity contribution in [1.82, 2.24) is 20.3 Å². The van der Waals surface area contributed by atoms with Crippen LogP contribution in [-0.4, -0.2) is 38.4 Å². The number of carbonyl (C=O) groups is 1. The van der Waals surface area contributed by atoms with Crippen LogP contribution in [0, 0.1) is 10.1 Å². The molecule has 9 heteroatoms. The van der Waals surface area contributed by atoms with E-state index in [1.165, 1.54) is 12.1 Å². The molecule has 0 spiro atoms. The second-order valence-corrected chi connectivity index (χ2v) is 5.21. The molecule has 2 aromatic rings. The van der Waals surface area contributed by atoms with E-state index < -0.39 is 4.92 Å². The molecule has 0 aliphatic carbocycles. The summed E-state index contributed by atoms with van der Waals surface area (Å²) in [7, 11) is 0. The van der Waals surface area contributed by atoms with Gasteiger partial charge in [0.15, 0.2) is 0 Å². The van der Waals surface area contributed by atoms with Crippen LogP contribution in [0.5, 0.6) is 0 Å². The maximum absolute atomic E-state index is 11.9. The predicted octanol–water partition coefficient (Wildman–Crippen LogP) is 1.44. The molecule has 2 N–H and O–H groups in total. The largest absolute Gasteiger partial charge is 0.378 e. The zero-order valence-electron chi connectivity index (χ0n) is 12.9. The maximum atomic E-state index is 11.9. The Hall–Kier alpha value is -2.97. The van der Waals surface area contributed by atoms with Crippen molar-refractivity contribution in [3.8, 4) is 0 Å². The van der Waals surface area contributed by atoms with Crippen LogP contribution in [0.1, 0.15) is 24.2 Å². The van der Waals surface area contributed by atoms with Gasteiger partial charge in [-0.2, -0.15) is 0 Å². The first-order valence-electron chi connectivity index (χ1n) is 7.14. The fourth-order valence-corrected chi connectivity index (χ4v) is 1.98. The zero-order chi connectivity index (χ0) is 16.8. The van der Waals surface area contributed by atoms with Crippen LogP contribution in [0.2, 0.25) is 0 Å². The smallest absolute Gasteiger partial charge is 0.293 e. The Bertz CT molecular complexity index is 684. The van der Waals surface area contributed by atoms with E-state index in [1.807, 2.05) is 13.8 Å². The van der Waals surface area contributed by atoms with Crippen molar-refractivity contribution in [2.75, 3.05) is 11.9 Å². The molecule has 0 atom stereocenters. The standard InChI is InChI=1S/C14H18N6O3/c1-10(2)17-14(21)11-3-4-12(13(9-11)20(22)23)15-5-7-19-8-6-16-18-19/h3-4,6,8-10,15H,5,7H2,1-2H3,(H,17,21). The molecule has 0 saturated carbocycles. The van der Waals surface area contributed by atoms with Crippen LogP contribution in [0.4, 0.5) is 11.4 Å². The van der Waals surface area contributed by atoms with Crippen LogP contribution >= 0.6 is 0 Å². The molecule has 2 rings (SSSR count). The summed E-state index contributed by atoms with van der Waals surface area (Å²) in [6.07, 6.45) is 3.26. The summed E-state index contributed by atoms with van der Waals surface area (Å²) in [4.78, 5) is 22.6. The highest BCUT2D eigenvalue weighted by atomic mass is 16.6. The molecule has 9 nitrogen and oxygen atoms in total. The molecular formula is C14H18N6O3. The average molecular weight is 318 g/mol. The summed E-state index contributed by atoms with van der Waals surface area (Å²) in [6, 6.07) is 4.33. The summed E-state index contributed by atoms with van der Waals surface area (Å²) in [5.41, 5.74) is 0.475. The third-order valence-electron chi connectivity index (χ3n) is 3.00. The Labute approximate surface area is 132 Å². The van der Waals surface area contributed by atoms with Gasteiger partial charge in [0, 0.05) is 30.4 Å². The second kappa shape index (κ2) is 7.34. The molecule has 1 amide bonds. The number of hydrogen-bond donors (Lipinski definition) is 2. The highest BCUT2D eigenvalue weighted by molar-refractivity contribution is 5.95. The van der Waals surface area contributed by atoms with E-state index in [9.17, 15) is 14.9 Å². The van der Waals surface area contributed by atoms with E-state index in [0.29, 0.717) is 18.8 Å². The van der Waals surface area contributed by atoms with E-state index in [1.54, 1.807) is 23.1 Å². The van der Waals surface area contributed by atoms with Gasteiger partial charge in [-0.05, 0) is 26.0 Å². The number of carbonyl (C=O) groups excluding carboxylic acids is 1. The van der Waals surface area contributed by atoms with Gasteiger partial charge in [-0.1, -0.05) is 5.21 Å². The molecule has 0 saturated heterocycles. The highest BCUT2D eigenvalue weighted by Crippen LogP contribution is 2.25. The Kier molecular flexibility index (Phi) is 5.23. The lowest BCUT2D eigenvalue weighted by Crippen LogP contribution is -2.30. The molecule has 23 heavy (non-hydrogen) atoms. The van der Waals surface area contributed by atoms with Crippen molar-refractivity contribution in [2.45, 2.75) is 26.4 Å². The minimum atomic E-state index is -0.510. The van der Waals surface area contributed by atoms with E-state index in [2.05, 4.69) is 20.9 Å². The molecule has 0 bridgehead atoms. The molecule has 1 aromatic heterocycles. The van der Waals surface area contributed by atoms with Gasteiger partial charge in [0.05, 0.1) is 17.7 Å². The SMILES string of the molecule is CC(C)NC(=O)c1ccc(NCCn2ccnn2)c([N+](=O)[O-])c1. The van der Waals surface area contributed by atoms with E-state index >= 15 is 0 Å². The zero-order valence-corrected chi connectivity index (χ0v) is 12.9. The van der Waals surface area contributed by atoms with Crippen LogP contribution in [0.3, 0.4) is 0 Å². The third kappa shape index (κ3) is 4.50. The summed E-state index contributed by atoms with van der Waals surface area (Å²) in [5.74, 6) is -0.336. The summed E-state index contributed by atoms with van der Waals surface area (Å²) < 4.78 is 1.61. The summed E-state index contributed by atoms with van der Waals surface area (Å²) >= 11 is 0. The normalized spacial score (nSPS) is 10.6. The Morgan fingerprint density at radius 1 is 1.43 bits per heavy atom. The molecule has 0 unspecified atom stereocenters. The van der Waals surface area contributed by atoms with E-state index in [4.69, 9.17) is 0 Å². The maximum Gasteiger partial charge on any atom is 0.293 e. The van der Waals surface area contributed by atoms with Crippen LogP contribution < -0.4 is 10.6 Å². The molecule has 1 heterocycles. The first-order chi connectivity index (χ1) is 11.0. The number of amides is 1. The van der Waals surface area contributed by atoms with Crippen molar-refractivity contribution in [3.63, 3.8) is 0 Å². The van der Waals surface area contributed by atoms with Gasteiger partial charge in [0.1, 0.15) is 5.69 Å². The molecule has 122 valence electrons. The van der Waals surface area contributed by atoms with Crippen LogP contribution in [-0.2, 0) is 6.54 Å². The highest BCUT2D eigenvalue weighted by Gasteiger charge is 2.17. The molecule has 1 aromatic carbocycles. The minimum Gasteiger partial charge on any atom is -0.378 e. The van der Waals surface area contributed by atoms with Crippen molar-refractivity contribution in [3.05, 3.63) is 46.3 Å². The molecule has 0 aliphatic heterocycles. The topological polar surface area (TPSA) is 115 Å². The lowest BCUT2D eigenvalue weighted by molar-refractivity contribution is -0.384. The van der Waals surface area contributed by atoms with Gasteiger partial charge in [0.25, 0.3) is 11.6 Å². The molecule has 0 fully saturated rings.